The fourth-order valence-corrected chi connectivity index (χ4v) is 4.26. The maximum atomic E-state index is 12.3. The summed E-state index contributed by atoms with van der Waals surface area (Å²) in [5, 5.41) is 7.28. The van der Waals surface area contributed by atoms with E-state index in [1.165, 1.54) is 22.0 Å². The molecule has 2 heterocycles. The highest BCUT2D eigenvalue weighted by Gasteiger charge is 2.16. The number of anilines is 1. The molecule has 3 aromatic rings. The maximum absolute atomic E-state index is 12.3. The molecule has 178 valence electrons. The molecular formula is C27H33N5O2. The highest BCUT2D eigenvalue weighted by Crippen LogP contribution is 2.18. The van der Waals surface area contributed by atoms with Crippen molar-refractivity contribution in [1.29, 1.82) is 0 Å². The van der Waals surface area contributed by atoms with Crippen molar-refractivity contribution < 1.29 is 4.79 Å². The van der Waals surface area contributed by atoms with Crippen LogP contribution in [0.5, 0.6) is 0 Å². The van der Waals surface area contributed by atoms with Crippen molar-refractivity contribution in [2.24, 2.45) is 0 Å². The Labute approximate surface area is 201 Å². The van der Waals surface area contributed by atoms with Crippen LogP contribution in [0, 0.1) is 6.92 Å². The molecule has 7 heteroatoms. The zero-order valence-corrected chi connectivity index (χ0v) is 19.8. The summed E-state index contributed by atoms with van der Waals surface area (Å²) < 4.78 is 1.23. The van der Waals surface area contributed by atoms with Gasteiger partial charge in [0, 0.05) is 50.0 Å². The van der Waals surface area contributed by atoms with E-state index in [1.807, 2.05) is 30.3 Å². The molecule has 1 aliphatic heterocycles. The third-order valence-electron chi connectivity index (χ3n) is 6.19. The van der Waals surface area contributed by atoms with Crippen molar-refractivity contribution in [3.8, 4) is 11.3 Å². The van der Waals surface area contributed by atoms with Gasteiger partial charge in [0.15, 0.2) is 0 Å². The molecule has 1 aliphatic rings. The molecular weight excluding hydrogens is 426 g/mol. The van der Waals surface area contributed by atoms with Gasteiger partial charge in [-0.1, -0.05) is 42.5 Å². The third kappa shape index (κ3) is 6.54. The number of rotatable bonds is 9. The topological polar surface area (TPSA) is 70.5 Å². The molecule has 4 rings (SSSR count). The third-order valence-corrected chi connectivity index (χ3v) is 6.19. The normalized spacial score (nSPS) is 14.2. The van der Waals surface area contributed by atoms with Gasteiger partial charge in [-0.05, 0) is 50.1 Å². The second-order valence-electron chi connectivity index (χ2n) is 8.81. The van der Waals surface area contributed by atoms with E-state index in [0.717, 1.165) is 51.1 Å². The summed E-state index contributed by atoms with van der Waals surface area (Å²) in [5.74, 6) is -0.188. The minimum absolute atomic E-state index is 0.0690. The second-order valence-corrected chi connectivity index (χ2v) is 8.81. The minimum atomic E-state index is -0.278. The van der Waals surface area contributed by atoms with Crippen molar-refractivity contribution in [3.05, 3.63) is 82.6 Å². The first kappa shape index (κ1) is 23.7. The first-order valence-corrected chi connectivity index (χ1v) is 12.0. The summed E-state index contributed by atoms with van der Waals surface area (Å²) in [6.07, 6.45) is 1.95. The number of amides is 1. The smallest absolute Gasteiger partial charge is 0.267 e. The van der Waals surface area contributed by atoms with E-state index >= 15 is 0 Å². The fourth-order valence-electron chi connectivity index (χ4n) is 4.26. The van der Waals surface area contributed by atoms with Gasteiger partial charge >= 0.3 is 0 Å². The summed E-state index contributed by atoms with van der Waals surface area (Å²) in [6, 6.07) is 21.5. The van der Waals surface area contributed by atoms with Crippen LogP contribution in [0.2, 0.25) is 0 Å². The van der Waals surface area contributed by atoms with Crippen LogP contribution in [0.25, 0.3) is 11.3 Å². The summed E-state index contributed by atoms with van der Waals surface area (Å²) in [7, 11) is 0. The van der Waals surface area contributed by atoms with Crippen LogP contribution >= 0.6 is 0 Å². The quantitative estimate of drug-likeness (QED) is 0.498. The predicted octanol–water partition coefficient (Wildman–Crippen LogP) is 2.94. The molecule has 0 aliphatic carbocycles. The number of aryl methyl sites for hydroxylation is 1. The molecule has 1 saturated heterocycles. The Hall–Kier alpha value is -3.45. The Morgan fingerprint density at radius 3 is 2.50 bits per heavy atom. The van der Waals surface area contributed by atoms with Gasteiger partial charge in [-0.25, -0.2) is 4.68 Å². The molecule has 1 aromatic heterocycles. The SMILES string of the molecule is Cc1cccc(N2CCN(CCCCNC(=O)Cn3nc(-c4ccccc4)ccc3=O)CC2)c1. The van der Waals surface area contributed by atoms with E-state index in [9.17, 15) is 9.59 Å². The number of nitrogens with one attached hydrogen (secondary N) is 1. The number of aromatic nitrogens is 2. The lowest BCUT2D eigenvalue weighted by Gasteiger charge is -2.36. The van der Waals surface area contributed by atoms with Crippen LogP contribution in [0.15, 0.2) is 71.5 Å². The van der Waals surface area contributed by atoms with Crippen LogP contribution in [-0.4, -0.2) is 59.9 Å². The summed E-state index contributed by atoms with van der Waals surface area (Å²) in [6.45, 7) is 7.93. The number of benzene rings is 2. The predicted molar refractivity (Wildman–Crippen MR) is 136 cm³/mol. The molecule has 34 heavy (non-hydrogen) atoms. The zero-order valence-electron chi connectivity index (χ0n) is 19.8. The minimum Gasteiger partial charge on any atom is -0.369 e. The highest BCUT2D eigenvalue weighted by atomic mass is 16.2. The summed E-state index contributed by atoms with van der Waals surface area (Å²) in [4.78, 5) is 29.4. The van der Waals surface area contributed by atoms with Gasteiger partial charge in [0.1, 0.15) is 6.54 Å². The van der Waals surface area contributed by atoms with Crippen LogP contribution in [-0.2, 0) is 11.3 Å². The summed E-state index contributed by atoms with van der Waals surface area (Å²) >= 11 is 0. The maximum Gasteiger partial charge on any atom is 0.267 e. The monoisotopic (exact) mass is 459 g/mol. The van der Waals surface area contributed by atoms with E-state index in [4.69, 9.17) is 0 Å². The largest absolute Gasteiger partial charge is 0.369 e. The number of unbranched alkanes of at least 4 members (excludes halogenated alkanes) is 1. The average molecular weight is 460 g/mol. The Balaban J connectivity index is 1.15. The molecule has 0 bridgehead atoms. The molecule has 1 fully saturated rings. The van der Waals surface area contributed by atoms with Crippen molar-refractivity contribution in [3.63, 3.8) is 0 Å². The first-order chi connectivity index (χ1) is 16.6. The van der Waals surface area contributed by atoms with Gasteiger partial charge in [0.25, 0.3) is 5.56 Å². The molecule has 0 unspecified atom stereocenters. The molecule has 1 amide bonds. The van der Waals surface area contributed by atoms with Crippen LogP contribution in [0.3, 0.4) is 0 Å². The molecule has 0 spiro atoms. The fraction of sp³-hybridized carbons (Fsp3) is 0.370. The van der Waals surface area contributed by atoms with Crippen molar-refractivity contribution in [2.75, 3.05) is 44.2 Å². The van der Waals surface area contributed by atoms with E-state index in [0.29, 0.717) is 12.2 Å². The average Bonchev–Trinajstić information content (AvgIpc) is 2.86. The molecule has 2 aromatic carbocycles. The van der Waals surface area contributed by atoms with Gasteiger partial charge in [-0.2, -0.15) is 5.10 Å². The second kappa shape index (κ2) is 11.6. The lowest BCUT2D eigenvalue weighted by Crippen LogP contribution is -2.46. The van der Waals surface area contributed by atoms with Gasteiger partial charge < -0.3 is 10.2 Å². The Bertz CT molecular complexity index is 1140. The Morgan fingerprint density at radius 2 is 1.74 bits per heavy atom. The van der Waals surface area contributed by atoms with Crippen molar-refractivity contribution >= 4 is 11.6 Å². The molecule has 7 nitrogen and oxygen atoms in total. The molecule has 0 radical (unpaired) electrons. The standard InChI is InChI=1S/C27H33N5O2/c1-22-8-7-11-24(20-22)31-18-16-30(17-19-31)15-6-5-14-28-26(33)21-32-27(34)13-12-25(29-32)23-9-3-2-4-10-23/h2-4,7-13,20H,5-6,14-19,21H2,1H3,(H,28,33). The first-order valence-electron chi connectivity index (χ1n) is 12.0. The molecule has 1 N–H and O–H groups in total. The van der Waals surface area contributed by atoms with Gasteiger partial charge in [-0.15, -0.1) is 0 Å². The van der Waals surface area contributed by atoms with Crippen LogP contribution < -0.4 is 15.8 Å². The lowest BCUT2D eigenvalue weighted by atomic mass is 10.1. The van der Waals surface area contributed by atoms with E-state index in [1.54, 1.807) is 6.07 Å². The number of hydrogen-bond acceptors (Lipinski definition) is 5. The number of piperazine rings is 1. The van der Waals surface area contributed by atoms with Crippen molar-refractivity contribution in [2.45, 2.75) is 26.3 Å². The number of carbonyl (C=O) groups is 1. The van der Waals surface area contributed by atoms with E-state index in [2.05, 4.69) is 51.4 Å². The Morgan fingerprint density at radius 1 is 0.941 bits per heavy atom. The lowest BCUT2D eigenvalue weighted by molar-refractivity contribution is -0.121. The van der Waals surface area contributed by atoms with Gasteiger partial charge in [-0.3, -0.25) is 14.5 Å². The van der Waals surface area contributed by atoms with Crippen LogP contribution in [0.1, 0.15) is 18.4 Å². The number of nitrogens with zero attached hydrogens (tertiary/aromatic N) is 4. The number of hydrogen-bond donors (Lipinski definition) is 1. The van der Waals surface area contributed by atoms with Crippen molar-refractivity contribution in [1.82, 2.24) is 20.0 Å². The van der Waals surface area contributed by atoms with Crippen LogP contribution in [0.4, 0.5) is 5.69 Å². The highest BCUT2D eigenvalue weighted by molar-refractivity contribution is 5.75. The molecule has 0 saturated carbocycles. The molecule has 0 atom stereocenters. The van der Waals surface area contributed by atoms with E-state index < -0.39 is 0 Å². The summed E-state index contributed by atoms with van der Waals surface area (Å²) in [5.41, 5.74) is 3.92. The zero-order chi connectivity index (χ0) is 23.8. The van der Waals surface area contributed by atoms with Gasteiger partial charge in [0.05, 0.1) is 5.69 Å². The number of carbonyl (C=O) groups excluding carboxylic acids is 1. The van der Waals surface area contributed by atoms with Gasteiger partial charge in [0.2, 0.25) is 5.91 Å². The Kier molecular flexibility index (Phi) is 8.09. The van der Waals surface area contributed by atoms with E-state index in [-0.39, 0.29) is 18.0 Å².